The number of benzene rings is 1. The Morgan fingerprint density at radius 1 is 1.24 bits per heavy atom. The zero-order valence-electron chi connectivity index (χ0n) is 14.6. The van der Waals surface area contributed by atoms with E-state index in [0.29, 0.717) is 25.3 Å². The van der Waals surface area contributed by atoms with Gasteiger partial charge in [0.2, 0.25) is 0 Å². The number of hydrogen-bond acceptors (Lipinski definition) is 5. The first-order valence-corrected chi connectivity index (χ1v) is 9.07. The first-order valence-electron chi connectivity index (χ1n) is 9.07. The molecule has 4 rings (SSSR count). The molecule has 1 spiro atoms. The van der Waals surface area contributed by atoms with Crippen LogP contribution in [0.25, 0.3) is 10.9 Å². The van der Waals surface area contributed by atoms with E-state index in [-0.39, 0.29) is 11.5 Å². The molecule has 0 atom stereocenters. The molecule has 132 valence electrons. The SMILES string of the molecule is CNc1ncnc2cc(C(=O)N3CCOC4(CCCCC4)C3)ccc12. The van der Waals surface area contributed by atoms with Crippen molar-refractivity contribution in [3.8, 4) is 0 Å². The van der Waals surface area contributed by atoms with Crippen LogP contribution in [0.2, 0.25) is 0 Å². The van der Waals surface area contributed by atoms with Gasteiger partial charge in [0.25, 0.3) is 5.91 Å². The molecule has 6 heteroatoms. The molecule has 1 saturated heterocycles. The number of nitrogens with one attached hydrogen (secondary N) is 1. The second kappa shape index (κ2) is 6.59. The first-order chi connectivity index (χ1) is 12.2. The van der Waals surface area contributed by atoms with Crippen molar-refractivity contribution >= 4 is 22.6 Å². The smallest absolute Gasteiger partial charge is 0.254 e. The highest BCUT2D eigenvalue weighted by Crippen LogP contribution is 2.34. The summed E-state index contributed by atoms with van der Waals surface area (Å²) in [6.07, 6.45) is 7.31. The Morgan fingerprint density at radius 3 is 2.88 bits per heavy atom. The van der Waals surface area contributed by atoms with Crippen molar-refractivity contribution in [3.05, 3.63) is 30.1 Å². The molecule has 6 nitrogen and oxygen atoms in total. The van der Waals surface area contributed by atoms with Crippen molar-refractivity contribution in [1.29, 1.82) is 0 Å². The summed E-state index contributed by atoms with van der Waals surface area (Å²) in [5.74, 6) is 0.844. The normalized spacial score (nSPS) is 20.0. The van der Waals surface area contributed by atoms with Gasteiger partial charge in [-0.05, 0) is 31.0 Å². The number of hydrogen-bond donors (Lipinski definition) is 1. The van der Waals surface area contributed by atoms with E-state index < -0.39 is 0 Å². The Kier molecular flexibility index (Phi) is 4.29. The molecular formula is C19H24N4O2. The Hall–Kier alpha value is -2.21. The summed E-state index contributed by atoms with van der Waals surface area (Å²) in [6, 6.07) is 5.66. The Bertz CT molecular complexity index is 781. The lowest BCUT2D eigenvalue weighted by molar-refractivity contribution is -0.117. The number of fused-ring (bicyclic) bond motifs is 1. The highest BCUT2D eigenvalue weighted by atomic mass is 16.5. The van der Waals surface area contributed by atoms with Gasteiger partial charge in [-0.2, -0.15) is 0 Å². The van der Waals surface area contributed by atoms with Crippen LogP contribution in [0.4, 0.5) is 5.82 Å². The van der Waals surface area contributed by atoms with E-state index >= 15 is 0 Å². The highest BCUT2D eigenvalue weighted by molar-refractivity contribution is 5.99. The van der Waals surface area contributed by atoms with Gasteiger partial charge in [-0.3, -0.25) is 4.79 Å². The number of morpholine rings is 1. The van der Waals surface area contributed by atoms with E-state index in [2.05, 4.69) is 15.3 Å². The van der Waals surface area contributed by atoms with Crippen molar-refractivity contribution in [2.45, 2.75) is 37.7 Å². The minimum absolute atomic E-state index is 0.0692. The number of aromatic nitrogens is 2. The largest absolute Gasteiger partial charge is 0.373 e. The minimum Gasteiger partial charge on any atom is -0.373 e. The van der Waals surface area contributed by atoms with Crippen molar-refractivity contribution in [2.75, 3.05) is 32.1 Å². The van der Waals surface area contributed by atoms with Gasteiger partial charge in [-0.1, -0.05) is 19.3 Å². The number of rotatable bonds is 2. The van der Waals surface area contributed by atoms with Crippen LogP contribution in [0.15, 0.2) is 24.5 Å². The fourth-order valence-corrected chi connectivity index (χ4v) is 4.09. The molecule has 2 heterocycles. The highest BCUT2D eigenvalue weighted by Gasteiger charge is 2.39. The molecule has 1 aliphatic carbocycles. The number of ether oxygens (including phenoxy) is 1. The van der Waals surface area contributed by atoms with Crippen LogP contribution in [-0.4, -0.2) is 53.1 Å². The predicted octanol–water partition coefficient (Wildman–Crippen LogP) is 2.85. The summed E-state index contributed by atoms with van der Waals surface area (Å²) >= 11 is 0. The lowest BCUT2D eigenvalue weighted by Gasteiger charge is -2.45. The third kappa shape index (κ3) is 3.06. The number of amides is 1. The third-order valence-corrected chi connectivity index (χ3v) is 5.42. The average Bonchev–Trinajstić information content (AvgIpc) is 2.67. The quantitative estimate of drug-likeness (QED) is 0.910. The van der Waals surface area contributed by atoms with E-state index in [1.807, 2.05) is 30.1 Å². The second-order valence-electron chi connectivity index (χ2n) is 7.02. The molecule has 0 radical (unpaired) electrons. The van der Waals surface area contributed by atoms with Crippen molar-refractivity contribution in [3.63, 3.8) is 0 Å². The average molecular weight is 340 g/mol. The van der Waals surface area contributed by atoms with E-state index in [4.69, 9.17) is 4.74 Å². The van der Waals surface area contributed by atoms with Crippen molar-refractivity contribution in [1.82, 2.24) is 14.9 Å². The fourth-order valence-electron chi connectivity index (χ4n) is 4.09. The summed E-state index contributed by atoms with van der Waals surface area (Å²) in [7, 11) is 1.83. The molecule has 2 aromatic rings. The van der Waals surface area contributed by atoms with Crippen LogP contribution < -0.4 is 5.32 Å². The van der Waals surface area contributed by atoms with Crippen molar-refractivity contribution < 1.29 is 9.53 Å². The molecule has 2 aliphatic rings. The van der Waals surface area contributed by atoms with Crippen LogP contribution in [0.5, 0.6) is 0 Å². The number of nitrogens with zero attached hydrogens (tertiary/aromatic N) is 3. The molecule has 1 aromatic heterocycles. The van der Waals surface area contributed by atoms with Gasteiger partial charge in [0, 0.05) is 24.5 Å². The predicted molar refractivity (Wildman–Crippen MR) is 96.8 cm³/mol. The van der Waals surface area contributed by atoms with Gasteiger partial charge in [0.1, 0.15) is 12.1 Å². The van der Waals surface area contributed by atoms with Crippen LogP contribution in [0.1, 0.15) is 42.5 Å². The summed E-state index contributed by atoms with van der Waals surface area (Å²) in [5, 5.41) is 3.98. The van der Waals surface area contributed by atoms with Crippen LogP contribution in [0, 0.1) is 0 Å². The van der Waals surface area contributed by atoms with Gasteiger partial charge in [-0.15, -0.1) is 0 Å². The van der Waals surface area contributed by atoms with Gasteiger partial charge < -0.3 is 15.0 Å². The number of carbonyl (C=O) groups excluding carboxylic acids is 1. The van der Waals surface area contributed by atoms with Gasteiger partial charge in [0.15, 0.2) is 0 Å². The molecule has 1 saturated carbocycles. The zero-order chi connectivity index (χ0) is 17.3. The van der Waals surface area contributed by atoms with Crippen LogP contribution in [0.3, 0.4) is 0 Å². The minimum atomic E-state index is -0.121. The molecule has 25 heavy (non-hydrogen) atoms. The molecule has 1 amide bonds. The molecule has 1 aromatic carbocycles. The summed E-state index contributed by atoms with van der Waals surface area (Å²) in [4.78, 5) is 23.5. The molecule has 0 bridgehead atoms. The Morgan fingerprint density at radius 2 is 2.08 bits per heavy atom. The molecule has 0 unspecified atom stereocenters. The monoisotopic (exact) mass is 340 g/mol. The molecule has 2 fully saturated rings. The van der Waals surface area contributed by atoms with Gasteiger partial charge >= 0.3 is 0 Å². The maximum absolute atomic E-state index is 13.0. The summed E-state index contributed by atoms with van der Waals surface area (Å²) in [5.41, 5.74) is 1.34. The zero-order valence-corrected chi connectivity index (χ0v) is 14.6. The third-order valence-electron chi connectivity index (χ3n) is 5.42. The number of anilines is 1. The molecule has 1 aliphatic heterocycles. The van der Waals surface area contributed by atoms with E-state index in [9.17, 15) is 4.79 Å². The second-order valence-corrected chi connectivity index (χ2v) is 7.02. The van der Waals surface area contributed by atoms with Crippen LogP contribution in [-0.2, 0) is 4.74 Å². The van der Waals surface area contributed by atoms with E-state index in [0.717, 1.165) is 29.6 Å². The van der Waals surface area contributed by atoms with Crippen molar-refractivity contribution in [2.24, 2.45) is 0 Å². The maximum Gasteiger partial charge on any atom is 0.254 e. The standard InChI is InChI=1S/C19H24N4O2/c1-20-17-15-6-5-14(11-16(15)21-13-22-17)18(24)23-9-10-25-19(12-23)7-3-2-4-8-19/h5-6,11,13H,2-4,7-10,12H2,1H3,(H,20,21,22). The van der Waals surface area contributed by atoms with E-state index in [1.54, 1.807) is 0 Å². The maximum atomic E-state index is 13.0. The van der Waals surface area contributed by atoms with Gasteiger partial charge in [-0.25, -0.2) is 9.97 Å². The summed E-state index contributed by atoms with van der Waals surface area (Å²) < 4.78 is 6.10. The summed E-state index contributed by atoms with van der Waals surface area (Å²) in [6.45, 7) is 1.99. The molecule has 1 N–H and O–H groups in total. The topological polar surface area (TPSA) is 67.4 Å². The molecular weight excluding hydrogens is 316 g/mol. The lowest BCUT2D eigenvalue weighted by atomic mass is 9.83. The lowest BCUT2D eigenvalue weighted by Crippen LogP contribution is -2.54. The van der Waals surface area contributed by atoms with E-state index in [1.165, 1.54) is 25.6 Å². The first kappa shape index (κ1) is 16.3. The number of carbonyl (C=O) groups is 1. The Balaban J connectivity index is 1.59. The van der Waals surface area contributed by atoms with Gasteiger partial charge in [0.05, 0.1) is 24.3 Å². The van der Waals surface area contributed by atoms with Crippen LogP contribution >= 0.6 is 0 Å². The Labute approximate surface area is 147 Å². The fraction of sp³-hybridized carbons (Fsp3) is 0.526.